The Bertz CT molecular complexity index is 709. The Morgan fingerprint density at radius 3 is 2.87 bits per heavy atom. The molecule has 1 aromatic carbocycles. The third-order valence-corrected chi connectivity index (χ3v) is 5.98. The average Bonchev–Trinajstić information content (AvgIpc) is 2.56. The van der Waals surface area contributed by atoms with Gasteiger partial charge in [0.15, 0.2) is 17.3 Å². The standard InChI is InChI=1S/C19H23NO3/c1-20-10-6-12-11-15(23-2)18(22)17-16(12)14(20)5-9-19(17)7-3-13(21)4-8-19/h3,7,11,14,22H,4-6,8-10H2,1-2H3/t14-,19-/m1/s1. The number of benzene rings is 1. The molecule has 0 bridgehead atoms. The van der Waals surface area contributed by atoms with Crippen molar-refractivity contribution in [3.05, 3.63) is 34.9 Å². The van der Waals surface area contributed by atoms with E-state index in [1.54, 1.807) is 13.2 Å². The Balaban J connectivity index is 1.99. The monoisotopic (exact) mass is 313 g/mol. The van der Waals surface area contributed by atoms with Crippen LogP contribution < -0.4 is 4.74 Å². The molecule has 1 spiro atoms. The number of hydrogen-bond donors (Lipinski definition) is 1. The fraction of sp³-hybridized carbons (Fsp3) is 0.526. The number of hydrogen-bond acceptors (Lipinski definition) is 4. The predicted molar refractivity (Wildman–Crippen MR) is 88.0 cm³/mol. The van der Waals surface area contributed by atoms with E-state index >= 15 is 0 Å². The molecule has 0 unspecified atom stereocenters. The van der Waals surface area contributed by atoms with Gasteiger partial charge >= 0.3 is 0 Å². The smallest absolute Gasteiger partial charge is 0.162 e. The van der Waals surface area contributed by atoms with Gasteiger partial charge in [-0.05, 0) is 56.0 Å². The van der Waals surface area contributed by atoms with Crippen molar-refractivity contribution in [1.29, 1.82) is 0 Å². The summed E-state index contributed by atoms with van der Waals surface area (Å²) in [5.74, 6) is 1.02. The van der Waals surface area contributed by atoms with Crippen LogP contribution in [-0.4, -0.2) is 36.5 Å². The zero-order valence-electron chi connectivity index (χ0n) is 13.8. The maximum absolute atomic E-state index is 11.7. The lowest BCUT2D eigenvalue weighted by atomic mass is 9.62. The molecule has 0 saturated heterocycles. The number of methoxy groups -OCH3 is 1. The van der Waals surface area contributed by atoms with E-state index in [-0.39, 0.29) is 16.9 Å². The number of likely N-dealkylation sites (N-methyl/N-ethyl adjacent to an activating group) is 1. The second kappa shape index (κ2) is 5.10. The number of carbonyl (C=O) groups excluding carboxylic acids is 1. The minimum absolute atomic E-state index is 0.186. The van der Waals surface area contributed by atoms with Gasteiger partial charge in [0, 0.05) is 30.0 Å². The van der Waals surface area contributed by atoms with Crippen molar-refractivity contribution in [2.24, 2.45) is 0 Å². The molecule has 0 fully saturated rings. The van der Waals surface area contributed by atoms with Crippen molar-refractivity contribution >= 4 is 5.78 Å². The molecule has 0 amide bonds. The van der Waals surface area contributed by atoms with Gasteiger partial charge in [-0.3, -0.25) is 9.69 Å². The SMILES string of the molecule is COc1cc2c3c(c1O)[C@@]1(C=CC(=O)CC1)CC[C@H]3N(C)CC2. The lowest BCUT2D eigenvalue weighted by molar-refractivity contribution is -0.115. The number of phenolic OH excluding ortho intramolecular Hbond substituents is 1. The minimum Gasteiger partial charge on any atom is -0.504 e. The van der Waals surface area contributed by atoms with Gasteiger partial charge in [0.05, 0.1) is 7.11 Å². The Morgan fingerprint density at radius 2 is 2.17 bits per heavy atom. The molecule has 1 N–H and O–H groups in total. The van der Waals surface area contributed by atoms with Crippen molar-refractivity contribution < 1.29 is 14.6 Å². The Labute approximate surface area is 136 Å². The summed E-state index contributed by atoms with van der Waals surface area (Å²) in [5.41, 5.74) is 3.37. The van der Waals surface area contributed by atoms with Gasteiger partial charge in [-0.15, -0.1) is 0 Å². The zero-order valence-corrected chi connectivity index (χ0v) is 13.8. The number of ketones is 1. The highest BCUT2D eigenvalue weighted by atomic mass is 16.5. The topological polar surface area (TPSA) is 49.8 Å². The van der Waals surface area contributed by atoms with E-state index < -0.39 is 0 Å². The van der Waals surface area contributed by atoms with Gasteiger partial charge in [-0.1, -0.05) is 6.08 Å². The third kappa shape index (κ3) is 2.04. The van der Waals surface area contributed by atoms with Crippen LogP contribution in [0.5, 0.6) is 11.5 Å². The molecule has 2 atom stereocenters. The first-order valence-corrected chi connectivity index (χ1v) is 8.41. The summed E-state index contributed by atoms with van der Waals surface area (Å²) in [6, 6.07) is 2.37. The van der Waals surface area contributed by atoms with Gasteiger partial charge in [-0.25, -0.2) is 0 Å². The van der Waals surface area contributed by atoms with E-state index in [9.17, 15) is 9.90 Å². The number of phenols is 1. The highest BCUT2D eigenvalue weighted by Gasteiger charge is 2.45. The van der Waals surface area contributed by atoms with Gasteiger partial charge in [0.25, 0.3) is 0 Å². The number of ether oxygens (including phenoxy) is 1. The largest absolute Gasteiger partial charge is 0.504 e. The predicted octanol–water partition coefficient (Wildman–Crippen LogP) is 2.88. The molecule has 3 aliphatic rings. The molecule has 0 saturated carbocycles. The molecular weight excluding hydrogens is 290 g/mol. The number of carbonyl (C=O) groups is 1. The summed E-state index contributed by atoms with van der Waals surface area (Å²) >= 11 is 0. The molecule has 122 valence electrons. The van der Waals surface area contributed by atoms with E-state index in [0.717, 1.165) is 37.8 Å². The molecule has 4 rings (SSSR count). The van der Waals surface area contributed by atoms with Gasteiger partial charge in [0.1, 0.15) is 0 Å². The lowest BCUT2D eigenvalue weighted by Gasteiger charge is -2.47. The molecule has 1 heterocycles. The first kappa shape index (κ1) is 14.8. The first-order chi connectivity index (χ1) is 11.1. The quantitative estimate of drug-likeness (QED) is 0.866. The molecule has 2 aliphatic carbocycles. The van der Waals surface area contributed by atoms with E-state index in [2.05, 4.69) is 11.9 Å². The van der Waals surface area contributed by atoms with Gasteiger partial charge in [-0.2, -0.15) is 0 Å². The maximum Gasteiger partial charge on any atom is 0.162 e. The number of rotatable bonds is 1. The molecule has 1 aliphatic heterocycles. The highest BCUT2D eigenvalue weighted by Crippen LogP contribution is 2.56. The Morgan fingerprint density at radius 1 is 1.35 bits per heavy atom. The number of fused-ring (bicyclic) bond motifs is 1. The van der Waals surface area contributed by atoms with Crippen LogP contribution in [0.2, 0.25) is 0 Å². The molecule has 4 heteroatoms. The van der Waals surface area contributed by atoms with Crippen LogP contribution in [-0.2, 0) is 16.6 Å². The van der Waals surface area contributed by atoms with Crippen molar-refractivity contribution in [1.82, 2.24) is 4.90 Å². The van der Waals surface area contributed by atoms with Gasteiger partial charge < -0.3 is 9.84 Å². The van der Waals surface area contributed by atoms with Crippen LogP contribution >= 0.6 is 0 Å². The summed E-state index contributed by atoms with van der Waals surface area (Å²) in [6.45, 7) is 1.03. The summed E-state index contributed by atoms with van der Waals surface area (Å²) in [4.78, 5) is 14.1. The van der Waals surface area contributed by atoms with E-state index in [1.165, 1.54) is 11.1 Å². The van der Waals surface area contributed by atoms with Crippen LogP contribution in [0.1, 0.15) is 48.4 Å². The lowest BCUT2D eigenvalue weighted by Crippen LogP contribution is -2.41. The summed E-state index contributed by atoms with van der Waals surface area (Å²) < 4.78 is 5.44. The zero-order chi connectivity index (χ0) is 16.2. The van der Waals surface area contributed by atoms with E-state index in [0.29, 0.717) is 18.2 Å². The molecule has 4 nitrogen and oxygen atoms in total. The molecular formula is C19H23NO3. The second-order valence-electron chi connectivity index (χ2n) is 7.12. The molecule has 23 heavy (non-hydrogen) atoms. The number of aromatic hydroxyl groups is 1. The number of allylic oxidation sites excluding steroid dienone is 2. The van der Waals surface area contributed by atoms with Crippen molar-refractivity contribution in [3.63, 3.8) is 0 Å². The summed E-state index contributed by atoms with van der Waals surface area (Å²) in [7, 11) is 3.77. The molecule has 0 radical (unpaired) electrons. The average molecular weight is 313 g/mol. The summed E-state index contributed by atoms with van der Waals surface area (Å²) in [5, 5.41) is 10.9. The van der Waals surface area contributed by atoms with E-state index in [1.807, 2.05) is 12.1 Å². The fourth-order valence-electron chi connectivity index (χ4n) is 4.70. The van der Waals surface area contributed by atoms with Gasteiger partial charge in [0.2, 0.25) is 0 Å². The first-order valence-electron chi connectivity index (χ1n) is 8.41. The normalized spacial score (nSPS) is 29.7. The summed E-state index contributed by atoms with van der Waals surface area (Å²) in [6.07, 6.45) is 8.11. The second-order valence-corrected chi connectivity index (χ2v) is 7.12. The number of nitrogens with zero attached hydrogens (tertiary/aromatic N) is 1. The van der Waals surface area contributed by atoms with Crippen LogP contribution in [0, 0.1) is 0 Å². The molecule has 0 aromatic heterocycles. The maximum atomic E-state index is 11.7. The Kier molecular flexibility index (Phi) is 3.27. The van der Waals surface area contributed by atoms with Crippen LogP contribution in [0.25, 0.3) is 0 Å². The highest BCUT2D eigenvalue weighted by molar-refractivity contribution is 5.91. The van der Waals surface area contributed by atoms with Crippen molar-refractivity contribution in [3.8, 4) is 11.5 Å². The Hall–Kier alpha value is -1.81. The van der Waals surface area contributed by atoms with Crippen molar-refractivity contribution in [2.45, 2.75) is 43.6 Å². The van der Waals surface area contributed by atoms with Crippen LogP contribution in [0.15, 0.2) is 18.2 Å². The molecule has 1 aromatic rings. The van der Waals surface area contributed by atoms with E-state index in [4.69, 9.17) is 4.74 Å². The van der Waals surface area contributed by atoms with Crippen LogP contribution in [0.4, 0.5) is 0 Å². The fourth-order valence-corrected chi connectivity index (χ4v) is 4.70. The third-order valence-electron chi connectivity index (χ3n) is 5.98. The van der Waals surface area contributed by atoms with Crippen LogP contribution in [0.3, 0.4) is 0 Å². The minimum atomic E-state index is -0.217. The van der Waals surface area contributed by atoms with Crippen molar-refractivity contribution in [2.75, 3.05) is 20.7 Å².